The highest BCUT2D eigenvalue weighted by Crippen LogP contribution is 2.16. The minimum absolute atomic E-state index is 0.0599. The number of rotatable bonds is 10. The lowest BCUT2D eigenvalue weighted by Gasteiger charge is -2.06. The van der Waals surface area contributed by atoms with Crippen LogP contribution in [0.15, 0.2) is 71.8 Å². The van der Waals surface area contributed by atoms with Gasteiger partial charge in [0.15, 0.2) is 11.5 Å². The van der Waals surface area contributed by atoms with Crippen molar-refractivity contribution >= 4 is 29.2 Å². The summed E-state index contributed by atoms with van der Waals surface area (Å²) in [5.74, 6) is 0.0880. The first-order chi connectivity index (χ1) is 16.6. The molecule has 2 aromatic carbocycles. The predicted molar refractivity (Wildman–Crippen MR) is 127 cm³/mol. The molecule has 0 saturated heterocycles. The van der Waals surface area contributed by atoms with Gasteiger partial charge in [0.1, 0.15) is 10.8 Å². The number of hydrogen-bond acceptors (Lipinski definition) is 6. The zero-order chi connectivity index (χ0) is 23.8. The van der Waals surface area contributed by atoms with Gasteiger partial charge in [-0.15, -0.1) is 10.2 Å². The van der Waals surface area contributed by atoms with Crippen molar-refractivity contribution in [1.82, 2.24) is 30.4 Å². The number of aromatic nitrogens is 4. The largest absolute Gasteiger partial charge is 0.355 e. The van der Waals surface area contributed by atoms with E-state index >= 15 is 0 Å². The van der Waals surface area contributed by atoms with Crippen molar-refractivity contribution < 1.29 is 14.0 Å². The van der Waals surface area contributed by atoms with Gasteiger partial charge in [0, 0.05) is 25.1 Å². The Morgan fingerprint density at radius 1 is 0.882 bits per heavy atom. The molecule has 4 rings (SSSR count). The summed E-state index contributed by atoms with van der Waals surface area (Å²) in [7, 11) is 0. The van der Waals surface area contributed by atoms with Gasteiger partial charge < -0.3 is 10.6 Å². The summed E-state index contributed by atoms with van der Waals surface area (Å²) >= 11 is 1.33. The molecular weight excluding hydrogens is 455 g/mol. The maximum absolute atomic E-state index is 13.0. The summed E-state index contributed by atoms with van der Waals surface area (Å²) in [6.45, 7) is 0.898. The Morgan fingerprint density at radius 3 is 2.44 bits per heavy atom. The fourth-order valence-electron chi connectivity index (χ4n) is 3.22. The van der Waals surface area contributed by atoms with Crippen LogP contribution in [0, 0.1) is 5.82 Å². The number of fused-ring (bicyclic) bond motifs is 1. The van der Waals surface area contributed by atoms with E-state index in [1.165, 1.54) is 41.6 Å². The Bertz CT molecular complexity index is 1260. The lowest BCUT2D eigenvalue weighted by atomic mass is 10.1. The predicted octanol–water partition coefficient (Wildman–Crippen LogP) is 2.69. The normalized spacial score (nSPS) is 10.9. The lowest BCUT2D eigenvalue weighted by molar-refractivity contribution is -0.118. The molecule has 2 aromatic heterocycles. The van der Waals surface area contributed by atoms with E-state index in [0.29, 0.717) is 41.6 Å². The Labute approximate surface area is 200 Å². The zero-order valence-corrected chi connectivity index (χ0v) is 19.1. The molecule has 0 atom stereocenters. The second-order valence-electron chi connectivity index (χ2n) is 7.44. The first-order valence-corrected chi connectivity index (χ1v) is 11.8. The lowest BCUT2D eigenvalue weighted by Crippen LogP contribution is -2.27. The fourth-order valence-corrected chi connectivity index (χ4v) is 3.91. The van der Waals surface area contributed by atoms with E-state index in [0.717, 1.165) is 6.42 Å². The van der Waals surface area contributed by atoms with Crippen molar-refractivity contribution in [1.29, 1.82) is 0 Å². The molecule has 0 aliphatic heterocycles. The number of nitrogens with zero attached hydrogens (tertiary/aromatic N) is 4. The van der Waals surface area contributed by atoms with E-state index in [1.807, 2.05) is 30.3 Å². The van der Waals surface area contributed by atoms with E-state index in [4.69, 9.17) is 0 Å². The molecule has 0 aliphatic rings. The van der Waals surface area contributed by atoms with Gasteiger partial charge in [-0.25, -0.2) is 4.39 Å². The van der Waals surface area contributed by atoms with Crippen molar-refractivity contribution in [2.45, 2.75) is 17.9 Å². The standard InChI is InChI=1S/C24H23FN6O2S/c25-19-8-6-18(7-9-19)24(33)27-15-13-21-29-28-20-10-11-23(30-31(20)21)34-16-22(32)26-14-12-17-4-2-1-3-5-17/h1-11H,12-16H2,(H,26,32)(H,27,33). The van der Waals surface area contributed by atoms with Crippen molar-refractivity contribution in [2.75, 3.05) is 18.8 Å². The van der Waals surface area contributed by atoms with Crippen LogP contribution in [0.5, 0.6) is 0 Å². The number of benzene rings is 2. The van der Waals surface area contributed by atoms with Gasteiger partial charge in [-0.2, -0.15) is 9.61 Å². The highest BCUT2D eigenvalue weighted by molar-refractivity contribution is 7.99. The third kappa shape index (κ3) is 6.38. The van der Waals surface area contributed by atoms with Gasteiger partial charge in [0.2, 0.25) is 5.91 Å². The molecule has 0 aliphatic carbocycles. The smallest absolute Gasteiger partial charge is 0.251 e. The first kappa shape index (κ1) is 23.4. The first-order valence-electron chi connectivity index (χ1n) is 10.8. The summed E-state index contributed by atoms with van der Waals surface area (Å²) in [5, 5.41) is 19.1. The molecule has 0 unspecified atom stereocenters. The molecule has 2 amide bonds. The van der Waals surface area contributed by atoms with Gasteiger partial charge in [0.05, 0.1) is 5.75 Å². The van der Waals surface area contributed by atoms with Crippen molar-refractivity contribution in [3.05, 3.63) is 89.5 Å². The number of amides is 2. The quantitative estimate of drug-likeness (QED) is 0.340. The number of thioether (sulfide) groups is 1. The van der Waals surface area contributed by atoms with Crippen LogP contribution in [0.1, 0.15) is 21.7 Å². The second kappa shape index (κ2) is 11.4. The van der Waals surface area contributed by atoms with E-state index in [9.17, 15) is 14.0 Å². The minimum atomic E-state index is -0.393. The highest BCUT2D eigenvalue weighted by Gasteiger charge is 2.11. The molecular formula is C24H23FN6O2S. The van der Waals surface area contributed by atoms with Crippen molar-refractivity contribution in [3.8, 4) is 0 Å². The SMILES string of the molecule is O=C(CSc1ccc2nnc(CCNC(=O)c3ccc(F)cc3)n2n1)NCCc1ccccc1. The molecule has 34 heavy (non-hydrogen) atoms. The molecule has 0 bridgehead atoms. The highest BCUT2D eigenvalue weighted by atomic mass is 32.2. The van der Waals surface area contributed by atoms with E-state index < -0.39 is 5.82 Å². The Balaban J connectivity index is 1.26. The van der Waals surface area contributed by atoms with Crippen LogP contribution >= 0.6 is 11.8 Å². The van der Waals surface area contributed by atoms with Crippen LogP contribution in [-0.4, -0.2) is 50.5 Å². The van der Waals surface area contributed by atoms with Gasteiger partial charge in [-0.3, -0.25) is 9.59 Å². The molecule has 174 valence electrons. The Kier molecular flexibility index (Phi) is 7.82. The molecule has 0 fully saturated rings. The maximum Gasteiger partial charge on any atom is 0.251 e. The molecule has 10 heteroatoms. The van der Waals surface area contributed by atoms with Crippen LogP contribution < -0.4 is 10.6 Å². The van der Waals surface area contributed by atoms with E-state index in [2.05, 4.69) is 25.9 Å². The monoisotopic (exact) mass is 478 g/mol. The van der Waals surface area contributed by atoms with Crippen molar-refractivity contribution in [2.24, 2.45) is 0 Å². The minimum Gasteiger partial charge on any atom is -0.355 e. The number of nitrogens with one attached hydrogen (secondary N) is 2. The fraction of sp³-hybridized carbons (Fsp3) is 0.208. The summed E-state index contributed by atoms with van der Waals surface area (Å²) in [6.07, 6.45) is 1.19. The molecule has 0 radical (unpaired) electrons. The Morgan fingerprint density at radius 2 is 1.65 bits per heavy atom. The summed E-state index contributed by atoms with van der Waals surface area (Å²) in [6, 6.07) is 18.9. The molecule has 0 saturated carbocycles. The molecule has 2 heterocycles. The maximum atomic E-state index is 13.0. The molecule has 8 nitrogen and oxygen atoms in total. The van der Waals surface area contributed by atoms with Crippen LogP contribution in [0.2, 0.25) is 0 Å². The average molecular weight is 479 g/mol. The van der Waals surface area contributed by atoms with E-state index in [-0.39, 0.29) is 17.6 Å². The van der Waals surface area contributed by atoms with Gasteiger partial charge >= 0.3 is 0 Å². The van der Waals surface area contributed by atoms with Gasteiger partial charge in [-0.05, 0) is 48.4 Å². The third-order valence-electron chi connectivity index (χ3n) is 4.97. The zero-order valence-electron chi connectivity index (χ0n) is 18.3. The van der Waals surface area contributed by atoms with Crippen molar-refractivity contribution in [3.63, 3.8) is 0 Å². The number of halogens is 1. The summed E-state index contributed by atoms with van der Waals surface area (Å²) < 4.78 is 14.6. The van der Waals surface area contributed by atoms with Crippen LogP contribution in [0.4, 0.5) is 4.39 Å². The second-order valence-corrected chi connectivity index (χ2v) is 8.44. The molecule has 2 N–H and O–H groups in total. The molecule has 4 aromatic rings. The van der Waals surface area contributed by atoms with E-state index in [1.54, 1.807) is 16.6 Å². The Hall–Kier alpha value is -3.79. The van der Waals surface area contributed by atoms with Gasteiger partial charge in [0.25, 0.3) is 5.91 Å². The van der Waals surface area contributed by atoms with Crippen LogP contribution in [0.25, 0.3) is 5.65 Å². The number of hydrogen-bond donors (Lipinski definition) is 2. The van der Waals surface area contributed by atoms with Gasteiger partial charge in [-0.1, -0.05) is 42.1 Å². The topological polar surface area (TPSA) is 101 Å². The molecule has 0 spiro atoms. The van der Waals surface area contributed by atoms with Crippen LogP contribution in [-0.2, 0) is 17.6 Å². The van der Waals surface area contributed by atoms with Crippen LogP contribution in [0.3, 0.4) is 0 Å². The third-order valence-corrected chi connectivity index (χ3v) is 5.89. The number of carbonyl (C=O) groups excluding carboxylic acids is 2. The summed E-state index contributed by atoms with van der Waals surface area (Å²) in [5.41, 5.74) is 2.14. The average Bonchev–Trinajstić information content (AvgIpc) is 3.26. The number of carbonyl (C=O) groups is 2. The summed E-state index contributed by atoms with van der Waals surface area (Å²) in [4.78, 5) is 24.3.